The number of hydrogen-bond donors (Lipinski definition) is 0. The zero-order valence-electron chi connectivity index (χ0n) is 7.78. The van der Waals surface area contributed by atoms with Crippen LogP contribution in [0.4, 0.5) is 0 Å². The molecular weight excluding hydrogens is 132 g/mol. The smallest absolute Gasteiger partial charge is 0.0404 e. The van der Waals surface area contributed by atoms with Crippen LogP contribution in [0.15, 0.2) is 37.5 Å². The summed E-state index contributed by atoms with van der Waals surface area (Å²) >= 11 is 0. The van der Waals surface area contributed by atoms with Gasteiger partial charge in [0.1, 0.15) is 0 Å². The molecule has 0 radical (unpaired) electrons. The molecule has 0 atom stereocenters. The second-order valence-corrected chi connectivity index (χ2v) is 1.46. The Morgan fingerprint density at radius 3 is 1.27 bits per heavy atom. The van der Waals surface area contributed by atoms with Gasteiger partial charge in [-0.1, -0.05) is 52.2 Å². The summed E-state index contributed by atoms with van der Waals surface area (Å²) in [5.74, 6) is 0. The largest absolute Gasteiger partial charge is 0.103 e. The predicted molar refractivity (Wildman–Crippen MR) is 59.0 cm³/mol. The average Bonchev–Trinajstić information content (AvgIpc) is 1.94. The molecule has 0 N–H and O–H groups in total. The third kappa shape index (κ3) is 323. The maximum Gasteiger partial charge on any atom is -0.0404 e. The molecule has 0 heterocycles. The molecule has 0 bridgehead atoms. The summed E-state index contributed by atoms with van der Waals surface area (Å²) in [6.07, 6.45) is 3.47. The van der Waals surface area contributed by atoms with Crippen LogP contribution in [0.25, 0.3) is 0 Å². The van der Waals surface area contributed by atoms with Crippen molar-refractivity contribution in [3.63, 3.8) is 0 Å². The molecule has 0 saturated heterocycles. The Morgan fingerprint density at radius 2 is 1.27 bits per heavy atom. The van der Waals surface area contributed by atoms with E-state index in [-0.39, 0.29) is 7.43 Å². The van der Waals surface area contributed by atoms with E-state index in [4.69, 9.17) is 0 Å². The van der Waals surface area contributed by atoms with E-state index in [0.717, 1.165) is 5.57 Å². The highest BCUT2D eigenvalue weighted by Crippen LogP contribution is 1.81. The molecule has 0 nitrogen and oxygen atoms in total. The van der Waals surface area contributed by atoms with Crippen molar-refractivity contribution < 1.29 is 0 Å². The van der Waals surface area contributed by atoms with Crippen molar-refractivity contribution in [3.05, 3.63) is 37.5 Å². The minimum atomic E-state index is 0. The first kappa shape index (κ1) is 22.5. The van der Waals surface area contributed by atoms with E-state index in [0.29, 0.717) is 0 Å². The van der Waals surface area contributed by atoms with E-state index in [1.165, 1.54) is 0 Å². The zero-order chi connectivity index (χ0) is 8.99. The lowest BCUT2D eigenvalue weighted by molar-refractivity contribution is 1.50. The van der Waals surface area contributed by atoms with Gasteiger partial charge in [0.25, 0.3) is 0 Å². The summed E-state index contributed by atoms with van der Waals surface area (Å²) in [5.41, 5.74) is 1.02. The molecule has 0 aliphatic heterocycles. The monoisotopic (exact) mass is 156 g/mol. The standard InChI is InChI=1S/C5H8.C3H6.C2H6.CH4/c1-4-5(2)3;1-3-2;1-2;/h4H,1-2H2,3H3;3H,1H2,2H3;1-2H3;1H4. The Balaban J connectivity index is -0.0000000360. The van der Waals surface area contributed by atoms with Gasteiger partial charge in [0, 0.05) is 0 Å². The lowest BCUT2D eigenvalue weighted by Gasteiger charge is -1.71. The first-order chi connectivity index (χ1) is 4.68. The van der Waals surface area contributed by atoms with Crippen LogP contribution in [0.1, 0.15) is 35.1 Å². The SMILES string of the molecule is C.C=CC.C=CC(=C)C.CC. The van der Waals surface area contributed by atoms with Gasteiger partial charge in [0.05, 0.1) is 0 Å². The number of rotatable bonds is 1. The lowest BCUT2D eigenvalue weighted by Crippen LogP contribution is -1.50. The quantitative estimate of drug-likeness (QED) is 0.384. The Bertz CT molecular complexity index is 78.0. The van der Waals surface area contributed by atoms with Crippen LogP contribution in [0.3, 0.4) is 0 Å². The number of hydrogen-bond acceptors (Lipinski definition) is 0. The highest BCUT2D eigenvalue weighted by Gasteiger charge is 1.59. The Morgan fingerprint density at radius 1 is 1.18 bits per heavy atom. The maximum absolute atomic E-state index is 3.56. The molecular formula is C11H24. The number of allylic oxidation sites excluding steroid dienone is 3. The van der Waals surface area contributed by atoms with Gasteiger partial charge in [-0.3, -0.25) is 0 Å². The van der Waals surface area contributed by atoms with E-state index in [2.05, 4.69) is 19.7 Å². The first-order valence-electron chi connectivity index (χ1n) is 3.54. The van der Waals surface area contributed by atoms with Crippen molar-refractivity contribution in [2.45, 2.75) is 35.1 Å². The van der Waals surface area contributed by atoms with Gasteiger partial charge in [-0.25, -0.2) is 0 Å². The highest BCUT2D eigenvalue weighted by molar-refractivity contribution is 5.05. The van der Waals surface area contributed by atoms with E-state index >= 15 is 0 Å². The molecule has 0 aliphatic carbocycles. The fourth-order valence-electron chi connectivity index (χ4n) is 0. The van der Waals surface area contributed by atoms with Crippen LogP contribution in [0.5, 0.6) is 0 Å². The fourth-order valence-corrected chi connectivity index (χ4v) is 0. The normalized spacial score (nSPS) is 4.73. The average molecular weight is 156 g/mol. The minimum absolute atomic E-state index is 0. The van der Waals surface area contributed by atoms with Crippen molar-refractivity contribution in [1.29, 1.82) is 0 Å². The molecule has 0 saturated carbocycles. The topological polar surface area (TPSA) is 0 Å². The minimum Gasteiger partial charge on any atom is -0.103 e. The third-order valence-electron chi connectivity index (χ3n) is 0.348. The van der Waals surface area contributed by atoms with Gasteiger partial charge in [0.2, 0.25) is 0 Å². The van der Waals surface area contributed by atoms with E-state index in [1.54, 1.807) is 12.2 Å². The van der Waals surface area contributed by atoms with E-state index in [9.17, 15) is 0 Å². The van der Waals surface area contributed by atoms with Gasteiger partial charge in [0.15, 0.2) is 0 Å². The molecule has 0 heteroatoms. The summed E-state index contributed by atoms with van der Waals surface area (Å²) in [4.78, 5) is 0. The third-order valence-corrected chi connectivity index (χ3v) is 0.348. The van der Waals surface area contributed by atoms with Crippen molar-refractivity contribution in [2.75, 3.05) is 0 Å². The second kappa shape index (κ2) is 35.0. The molecule has 11 heavy (non-hydrogen) atoms. The van der Waals surface area contributed by atoms with Gasteiger partial charge in [-0.15, -0.1) is 6.58 Å². The molecule has 0 unspecified atom stereocenters. The molecule has 0 amide bonds. The second-order valence-electron chi connectivity index (χ2n) is 1.46. The maximum atomic E-state index is 3.56. The molecule has 0 aliphatic rings. The van der Waals surface area contributed by atoms with Crippen molar-refractivity contribution >= 4 is 0 Å². The predicted octanol–water partition coefficient (Wildman–Crippen LogP) is 4.60. The van der Waals surface area contributed by atoms with Crippen LogP contribution < -0.4 is 0 Å². The van der Waals surface area contributed by atoms with Crippen molar-refractivity contribution in [2.24, 2.45) is 0 Å². The molecule has 0 spiro atoms. The van der Waals surface area contributed by atoms with Gasteiger partial charge in [-0.2, -0.15) is 0 Å². The summed E-state index contributed by atoms with van der Waals surface area (Å²) < 4.78 is 0. The Kier molecular flexibility index (Phi) is 71.4. The molecule has 68 valence electrons. The molecule has 0 fully saturated rings. The van der Waals surface area contributed by atoms with E-state index < -0.39 is 0 Å². The fraction of sp³-hybridized carbons (Fsp3) is 0.455. The van der Waals surface area contributed by atoms with Crippen LogP contribution in [-0.4, -0.2) is 0 Å². The summed E-state index contributed by atoms with van der Waals surface area (Å²) in [7, 11) is 0. The lowest BCUT2D eigenvalue weighted by atomic mass is 10.4. The molecule has 0 rings (SSSR count). The van der Waals surface area contributed by atoms with Crippen LogP contribution >= 0.6 is 0 Å². The van der Waals surface area contributed by atoms with Gasteiger partial charge < -0.3 is 0 Å². The van der Waals surface area contributed by atoms with Gasteiger partial charge >= 0.3 is 0 Å². The van der Waals surface area contributed by atoms with Crippen LogP contribution in [-0.2, 0) is 0 Å². The van der Waals surface area contributed by atoms with E-state index in [1.807, 2.05) is 27.7 Å². The van der Waals surface area contributed by atoms with Crippen molar-refractivity contribution in [3.8, 4) is 0 Å². The van der Waals surface area contributed by atoms with Crippen LogP contribution in [0, 0.1) is 0 Å². The first-order valence-corrected chi connectivity index (χ1v) is 3.54. The van der Waals surface area contributed by atoms with Crippen molar-refractivity contribution in [1.82, 2.24) is 0 Å². The summed E-state index contributed by atoms with van der Waals surface area (Å²) in [6.45, 7) is 18.2. The summed E-state index contributed by atoms with van der Waals surface area (Å²) in [6, 6.07) is 0. The highest BCUT2D eigenvalue weighted by atomic mass is 13.7. The molecule has 0 aromatic heterocycles. The zero-order valence-corrected chi connectivity index (χ0v) is 7.78. The van der Waals surface area contributed by atoms with Gasteiger partial charge in [-0.05, 0) is 13.8 Å². The van der Waals surface area contributed by atoms with Crippen LogP contribution in [0.2, 0.25) is 0 Å². The molecule has 0 aromatic carbocycles. The molecule has 0 aromatic rings. The summed E-state index contributed by atoms with van der Waals surface area (Å²) in [5, 5.41) is 0. The Labute approximate surface area is 73.3 Å². The Hall–Kier alpha value is -0.780.